The summed E-state index contributed by atoms with van der Waals surface area (Å²) in [5.74, 6) is -0.919. The molecule has 6 rings (SSSR count). The van der Waals surface area contributed by atoms with Crippen molar-refractivity contribution in [3.8, 4) is 22.3 Å². The Kier molecular flexibility index (Phi) is 6.37. The second-order valence-electron chi connectivity index (χ2n) is 9.71. The molecule has 3 aromatic heterocycles. The van der Waals surface area contributed by atoms with Crippen LogP contribution in [0.3, 0.4) is 0 Å². The Labute approximate surface area is 224 Å². The molecule has 38 heavy (non-hydrogen) atoms. The van der Waals surface area contributed by atoms with Crippen LogP contribution >= 0.6 is 11.8 Å². The highest BCUT2D eigenvalue weighted by Crippen LogP contribution is 2.35. The van der Waals surface area contributed by atoms with E-state index >= 15 is 0 Å². The zero-order valence-corrected chi connectivity index (χ0v) is 21.9. The Morgan fingerprint density at radius 2 is 1.71 bits per heavy atom. The Balaban J connectivity index is 1.32. The van der Waals surface area contributed by atoms with Gasteiger partial charge in [0.2, 0.25) is 0 Å². The molecule has 1 aliphatic heterocycles. The molecule has 4 heterocycles. The zero-order chi connectivity index (χ0) is 26.4. The fourth-order valence-electron chi connectivity index (χ4n) is 5.24. The summed E-state index contributed by atoms with van der Waals surface area (Å²) in [6.07, 6.45) is 3.81. The summed E-state index contributed by atoms with van der Waals surface area (Å²) in [5, 5.41) is 5.63. The normalized spacial score (nSPS) is 14.5. The molecule has 1 fully saturated rings. The van der Waals surface area contributed by atoms with E-state index in [2.05, 4.69) is 50.3 Å². The number of piperazine rings is 1. The average Bonchev–Trinajstić information content (AvgIpc) is 3.45. The summed E-state index contributed by atoms with van der Waals surface area (Å²) in [6, 6.07) is 14.2. The monoisotopic (exact) mass is 532 g/mol. The third kappa shape index (κ3) is 4.54. The lowest BCUT2D eigenvalue weighted by Crippen LogP contribution is -2.42. The van der Waals surface area contributed by atoms with Crippen LogP contribution in [0.15, 0.2) is 60.9 Å². The van der Waals surface area contributed by atoms with Crippen molar-refractivity contribution in [3.05, 3.63) is 89.5 Å². The van der Waals surface area contributed by atoms with Crippen LogP contribution in [0.4, 0.5) is 14.5 Å². The number of rotatable bonds is 5. The fourth-order valence-corrected chi connectivity index (χ4v) is 5.39. The second kappa shape index (κ2) is 9.85. The first-order chi connectivity index (χ1) is 18.4. The minimum atomic E-state index is -0.468. The SMILES string of the molecule is Cc1nn(Cc2cc(F)ccc2F)c(C)c1-c1c[nH]c2ncc(-c3ccc(N4CCN(Cl)CC4)cc3)cc12. The minimum absolute atomic E-state index is 0.147. The number of benzene rings is 2. The van der Waals surface area contributed by atoms with Crippen LogP contribution in [0.2, 0.25) is 0 Å². The summed E-state index contributed by atoms with van der Waals surface area (Å²) in [4.78, 5) is 10.3. The molecule has 0 bridgehead atoms. The number of nitrogens with one attached hydrogen (secondary N) is 1. The maximum Gasteiger partial charge on any atom is 0.137 e. The number of hydrogen-bond donors (Lipinski definition) is 1. The van der Waals surface area contributed by atoms with Crippen LogP contribution in [-0.4, -0.2) is 50.3 Å². The molecular weight excluding hydrogens is 506 g/mol. The lowest BCUT2D eigenvalue weighted by molar-refractivity contribution is 0.416. The van der Waals surface area contributed by atoms with Gasteiger partial charge < -0.3 is 9.88 Å². The number of nitrogens with zero attached hydrogens (tertiary/aromatic N) is 5. The third-order valence-electron chi connectivity index (χ3n) is 7.30. The van der Waals surface area contributed by atoms with Crippen LogP contribution in [0.25, 0.3) is 33.3 Å². The lowest BCUT2D eigenvalue weighted by atomic mass is 10.0. The van der Waals surface area contributed by atoms with Gasteiger partial charge in [0.1, 0.15) is 17.3 Å². The number of fused-ring (bicyclic) bond motifs is 1. The molecule has 194 valence electrons. The zero-order valence-electron chi connectivity index (χ0n) is 21.2. The van der Waals surface area contributed by atoms with Gasteiger partial charge in [0.25, 0.3) is 0 Å². The molecule has 0 radical (unpaired) electrons. The molecule has 1 N–H and O–H groups in total. The van der Waals surface area contributed by atoms with E-state index in [-0.39, 0.29) is 12.1 Å². The van der Waals surface area contributed by atoms with E-state index in [0.717, 1.165) is 83.0 Å². The first kappa shape index (κ1) is 24.6. The Bertz CT molecular complexity index is 1620. The maximum atomic E-state index is 14.3. The number of aromatic nitrogens is 4. The van der Waals surface area contributed by atoms with Crippen molar-refractivity contribution in [2.45, 2.75) is 20.4 Å². The van der Waals surface area contributed by atoms with Gasteiger partial charge in [-0.05, 0) is 67.6 Å². The molecule has 0 saturated carbocycles. The van der Waals surface area contributed by atoms with Crippen molar-refractivity contribution in [2.24, 2.45) is 0 Å². The minimum Gasteiger partial charge on any atom is -0.369 e. The van der Waals surface area contributed by atoms with Crippen molar-refractivity contribution < 1.29 is 8.78 Å². The first-order valence-electron chi connectivity index (χ1n) is 12.6. The van der Waals surface area contributed by atoms with Crippen molar-refractivity contribution >= 4 is 28.5 Å². The van der Waals surface area contributed by atoms with E-state index in [0.29, 0.717) is 0 Å². The smallest absolute Gasteiger partial charge is 0.137 e. The quantitative estimate of drug-likeness (QED) is 0.269. The molecule has 1 aliphatic rings. The second-order valence-corrected chi connectivity index (χ2v) is 10.2. The predicted molar refractivity (Wildman–Crippen MR) is 147 cm³/mol. The number of H-pyrrole nitrogens is 1. The highest BCUT2D eigenvalue weighted by Gasteiger charge is 2.19. The van der Waals surface area contributed by atoms with Gasteiger partial charge in [-0.15, -0.1) is 0 Å². The number of anilines is 1. The van der Waals surface area contributed by atoms with Gasteiger partial charge in [0.15, 0.2) is 0 Å². The highest BCUT2D eigenvalue weighted by molar-refractivity contribution is 6.13. The molecule has 5 aromatic rings. The van der Waals surface area contributed by atoms with E-state index < -0.39 is 11.6 Å². The van der Waals surface area contributed by atoms with Gasteiger partial charge in [-0.2, -0.15) is 5.10 Å². The Morgan fingerprint density at radius 3 is 2.47 bits per heavy atom. The first-order valence-corrected chi connectivity index (χ1v) is 12.9. The Morgan fingerprint density at radius 1 is 0.947 bits per heavy atom. The van der Waals surface area contributed by atoms with Crippen molar-refractivity contribution in [1.82, 2.24) is 24.2 Å². The van der Waals surface area contributed by atoms with Crippen LogP contribution < -0.4 is 4.90 Å². The van der Waals surface area contributed by atoms with E-state index in [1.165, 1.54) is 11.8 Å². The van der Waals surface area contributed by atoms with E-state index in [9.17, 15) is 8.78 Å². The topological polar surface area (TPSA) is 53.0 Å². The molecular formula is C29H27ClF2N6. The average molecular weight is 533 g/mol. The van der Waals surface area contributed by atoms with Gasteiger partial charge in [0.05, 0.1) is 12.2 Å². The summed E-state index contributed by atoms with van der Waals surface area (Å²) >= 11 is 6.10. The largest absolute Gasteiger partial charge is 0.369 e. The van der Waals surface area contributed by atoms with Gasteiger partial charge in [-0.25, -0.2) is 18.2 Å². The van der Waals surface area contributed by atoms with Gasteiger partial charge in [0, 0.05) is 77.6 Å². The maximum absolute atomic E-state index is 14.3. The molecule has 0 aliphatic carbocycles. The van der Waals surface area contributed by atoms with Gasteiger partial charge in [-0.1, -0.05) is 12.1 Å². The molecule has 2 aromatic carbocycles. The number of aryl methyl sites for hydroxylation is 1. The van der Waals surface area contributed by atoms with Crippen LogP contribution in [-0.2, 0) is 6.54 Å². The summed E-state index contributed by atoms with van der Waals surface area (Å²) < 4.78 is 31.6. The number of hydrogen-bond acceptors (Lipinski definition) is 4. The number of halogens is 3. The van der Waals surface area contributed by atoms with Gasteiger partial charge >= 0.3 is 0 Å². The molecule has 0 unspecified atom stereocenters. The van der Waals surface area contributed by atoms with E-state index in [1.54, 1.807) is 4.68 Å². The van der Waals surface area contributed by atoms with Crippen molar-refractivity contribution in [1.29, 1.82) is 0 Å². The Hall–Kier alpha value is -3.75. The third-order valence-corrected chi connectivity index (χ3v) is 7.64. The van der Waals surface area contributed by atoms with Crippen LogP contribution in [0.1, 0.15) is 17.0 Å². The lowest BCUT2D eigenvalue weighted by Gasteiger charge is -2.32. The van der Waals surface area contributed by atoms with Gasteiger partial charge in [-0.3, -0.25) is 4.68 Å². The van der Waals surface area contributed by atoms with Crippen molar-refractivity contribution in [2.75, 3.05) is 31.1 Å². The molecule has 0 atom stereocenters. The van der Waals surface area contributed by atoms with E-state index in [4.69, 9.17) is 11.8 Å². The standard InChI is InChI=1S/C29H27ClF2N6/c1-18-28(19(2)38(35-18)17-22-13-23(31)5-8-27(22)32)26-16-34-29-25(26)14-21(15-33-29)20-3-6-24(7-4-20)36-9-11-37(30)12-10-36/h3-8,13-16H,9-12,17H2,1-2H3,(H,33,34). The highest BCUT2D eigenvalue weighted by atomic mass is 35.5. The van der Waals surface area contributed by atoms with Crippen LogP contribution in [0.5, 0.6) is 0 Å². The number of aromatic amines is 1. The van der Waals surface area contributed by atoms with Crippen molar-refractivity contribution in [3.63, 3.8) is 0 Å². The molecule has 0 spiro atoms. The predicted octanol–water partition coefficient (Wildman–Crippen LogP) is 6.31. The summed E-state index contributed by atoms with van der Waals surface area (Å²) in [7, 11) is 0. The molecule has 0 amide bonds. The molecule has 6 nitrogen and oxygen atoms in total. The summed E-state index contributed by atoms with van der Waals surface area (Å²) in [6.45, 7) is 7.52. The molecule has 9 heteroatoms. The number of pyridine rings is 1. The fraction of sp³-hybridized carbons (Fsp3) is 0.241. The molecule has 1 saturated heterocycles. The van der Waals surface area contributed by atoms with E-state index in [1.807, 2.05) is 30.7 Å². The van der Waals surface area contributed by atoms with Crippen LogP contribution in [0, 0.1) is 25.5 Å². The summed E-state index contributed by atoms with van der Waals surface area (Å²) in [5.41, 5.74) is 7.94.